The third-order valence-electron chi connectivity index (χ3n) is 5.76. The Kier molecular flexibility index (Phi) is 5.57. The van der Waals surface area contributed by atoms with Gasteiger partial charge in [0.2, 0.25) is 11.8 Å². The van der Waals surface area contributed by atoms with Crippen molar-refractivity contribution in [1.29, 1.82) is 0 Å². The molecule has 1 fully saturated rings. The van der Waals surface area contributed by atoms with Crippen LogP contribution in [0, 0.1) is 0 Å². The molecule has 2 N–H and O–H groups in total. The number of fused-ring (bicyclic) bond motifs is 2. The van der Waals surface area contributed by atoms with Gasteiger partial charge in [0.05, 0.1) is 24.9 Å². The average Bonchev–Trinajstić information content (AvgIpc) is 3.47. The summed E-state index contributed by atoms with van der Waals surface area (Å²) < 4.78 is 6.99. The molecule has 5 rings (SSSR count). The first kappa shape index (κ1) is 20.8. The van der Waals surface area contributed by atoms with Gasteiger partial charge in [0, 0.05) is 48.5 Å². The van der Waals surface area contributed by atoms with Gasteiger partial charge in [-0.15, -0.1) is 0 Å². The summed E-state index contributed by atoms with van der Waals surface area (Å²) in [5.74, 6) is -0.505. The average molecular weight is 445 g/mol. The van der Waals surface area contributed by atoms with Gasteiger partial charge in [-0.25, -0.2) is 4.98 Å². The molecule has 0 spiro atoms. The summed E-state index contributed by atoms with van der Waals surface area (Å²) in [6.07, 6.45) is 7.06. The molecule has 10 heteroatoms. The zero-order valence-electron chi connectivity index (χ0n) is 17.9. The molecule has 0 radical (unpaired) electrons. The quantitative estimate of drug-likeness (QED) is 0.433. The minimum absolute atomic E-state index is 0.180. The monoisotopic (exact) mass is 445 g/mol. The van der Waals surface area contributed by atoms with E-state index in [0.717, 1.165) is 33.4 Å². The predicted molar refractivity (Wildman–Crippen MR) is 121 cm³/mol. The Morgan fingerprint density at radius 2 is 2.18 bits per heavy atom. The Hall–Kier alpha value is -4.05. The number of hydrogen-bond acceptors (Lipinski definition) is 6. The molecule has 4 aromatic rings. The summed E-state index contributed by atoms with van der Waals surface area (Å²) in [5.41, 5.74) is 4.60. The number of nitrogens with one attached hydrogen (secondary N) is 2. The number of morpholine rings is 1. The van der Waals surface area contributed by atoms with Crippen LogP contribution in [-0.4, -0.2) is 73.9 Å². The minimum atomic E-state index is -0.649. The van der Waals surface area contributed by atoms with E-state index in [0.29, 0.717) is 26.1 Å². The van der Waals surface area contributed by atoms with Gasteiger partial charge < -0.3 is 19.9 Å². The van der Waals surface area contributed by atoms with E-state index in [2.05, 4.69) is 32.1 Å². The molecule has 0 unspecified atom stereocenters. The summed E-state index contributed by atoms with van der Waals surface area (Å²) in [4.78, 5) is 34.0. The molecule has 33 heavy (non-hydrogen) atoms. The van der Waals surface area contributed by atoms with Crippen LogP contribution in [0.25, 0.3) is 27.7 Å². The maximum absolute atomic E-state index is 12.7. The highest BCUT2D eigenvalue weighted by atomic mass is 16.5. The van der Waals surface area contributed by atoms with Crippen molar-refractivity contribution in [1.82, 2.24) is 35.0 Å². The summed E-state index contributed by atoms with van der Waals surface area (Å²) in [7, 11) is 0. The Morgan fingerprint density at radius 1 is 1.27 bits per heavy atom. The van der Waals surface area contributed by atoms with E-state index in [-0.39, 0.29) is 18.4 Å². The second-order valence-electron chi connectivity index (χ2n) is 7.74. The van der Waals surface area contributed by atoms with Gasteiger partial charge in [0.15, 0.2) is 0 Å². The summed E-state index contributed by atoms with van der Waals surface area (Å²) in [6, 6.07) is 7.20. The first-order chi connectivity index (χ1) is 16.2. The molecule has 0 bridgehead atoms. The Labute approximate surface area is 189 Å². The van der Waals surface area contributed by atoms with E-state index in [9.17, 15) is 9.59 Å². The number of rotatable bonds is 6. The van der Waals surface area contributed by atoms with Gasteiger partial charge in [0.25, 0.3) is 0 Å². The number of nitrogens with zero attached hydrogens (tertiary/aromatic N) is 5. The summed E-state index contributed by atoms with van der Waals surface area (Å²) in [6.45, 7) is 4.89. The van der Waals surface area contributed by atoms with Crippen molar-refractivity contribution >= 4 is 28.4 Å². The number of amides is 2. The van der Waals surface area contributed by atoms with Crippen molar-refractivity contribution in [2.24, 2.45) is 0 Å². The van der Waals surface area contributed by atoms with Crippen molar-refractivity contribution in [2.75, 3.05) is 26.3 Å². The molecule has 0 saturated carbocycles. The highest BCUT2D eigenvalue weighted by Crippen LogP contribution is 2.30. The number of aromatic amines is 1. The van der Waals surface area contributed by atoms with E-state index < -0.39 is 6.04 Å². The third kappa shape index (κ3) is 3.96. The minimum Gasteiger partial charge on any atom is -0.377 e. The van der Waals surface area contributed by atoms with Crippen LogP contribution in [-0.2, 0) is 20.7 Å². The van der Waals surface area contributed by atoms with Crippen LogP contribution in [0.5, 0.6) is 0 Å². The lowest BCUT2D eigenvalue weighted by Crippen LogP contribution is -2.55. The van der Waals surface area contributed by atoms with E-state index in [1.54, 1.807) is 23.2 Å². The van der Waals surface area contributed by atoms with E-state index in [4.69, 9.17) is 4.74 Å². The fraction of sp³-hybridized carbons (Fsp3) is 0.261. The molecule has 10 nitrogen and oxygen atoms in total. The number of pyridine rings is 1. The topological polar surface area (TPSA) is 118 Å². The molecule has 5 heterocycles. The molecule has 2 amide bonds. The molecule has 168 valence electrons. The molecule has 1 atom stereocenters. The Morgan fingerprint density at radius 3 is 3.06 bits per heavy atom. The van der Waals surface area contributed by atoms with Gasteiger partial charge in [-0.05, 0) is 35.9 Å². The van der Waals surface area contributed by atoms with Crippen LogP contribution in [0.2, 0.25) is 0 Å². The maximum Gasteiger partial charge on any atom is 0.246 e. The van der Waals surface area contributed by atoms with E-state index in [1.165, 1.54) is 11.0 Å². The molecule has 0 aromatic carbocycles. The number of ether oxygens (including phenoxy) is 1. The molecule has 1 aliphatic heterocycles. The fourth-order valence-electron chi connectivity index (χ4n) is 4.13. The SMILES string of the molecule is C=CC(=O)N1CCOC[C@H]1C(=O)NCCc1cc2c(-c3cnn4ncccc34)ccnc2[nH]1. The number of carbonyl (C=O) groups excluding carboxylic acids is 2. The highest BCUT2D eigenvalue weighted by molar-refractivity contribution is 5.97. The van der Waals surface area contributed by atoms with Crippen LogP contribution in [0.4, 0.5) is 0 Å². The van der Waals surface area contributed by atoms with Gasteiger partial charge in [-0.2, -0.15) is 14.8 Å². The predicted octanol–water partition coefficient (Wildman–Crippen LogP) is 1.34. The zero-order valence-corrected chi connectivity index (χ0v) is 17.9. The third-order valence-corrected chi connectivity index (χ3v) is 5.76. The number of H-pyrrole nitrogens is 1. The van der Waals surface area contributed by atoms with Gasteiger partial charge in [-0.3, -0.25) is 9.59 Å². The van der Waals surface area contributed by atoms with Crippen LogP contribution >= 0.6 is 0 Å². The lowest BCUT2D eigenvalue weighted by molar-refractivity contribution is -0.145. The second kappa shape index (κ2) is 8.83. The van der Waals surface area contributed by atoms with Crippen LogP contribution in [0.1, 0.15) is 5.69 Å². The largest absolute Gasteiger partial charge is 0.377 e. The van der Waals surface area contributed by atoms with E-state index in [1.807, 2.05) is 24.3 Å². The van der Waals surface area contributed by atoms with Crippen molar-refractivity contribution in [3.05, 3.63) is 61.2 Å². The van der Waals surface area contributed by atoms with Crippen molar-refractivity contribution < 1.29 is 14.3 Å². The molecule has 1 saturated heterocycles. The first-order valence-electron chi connectivity index (χ1n) is 10.7. The lowest BCUT2D eigenvalue weighted by Gasteiger charge is -2.33. The van der Waals surface area contributed by atoms with Crippen molar-refractivity contribution in [3.8, 4) is 11.1 Å². The second-order valence-corrected chi connectivity index (χ2v) is 7.74. The number of hydrogen-bond donors (Lipinski definition) is 2. The summed E-state index contributed by atoms with van der Waals surface area (Å²) in [5, 5.41) is 12.4. The Balaban J connectivity index is 1.30. The van der Waals surface area contributed by atoms with Gasteiger partial charge in [0.1, 0.15) is 11.7 Å². The molecule has 4 aromatic heterocycles. The van der Waals surface area contributed by atoms with Crippen LogP contribution in [0.3, 0.4) is 0 Å². The van der Waals surface area contributed by atoms with Crippen molar-refractivity contribution in [3.63, 3.8) is 0 Å². The van der Waals surface area contributed by atoms with Gasteiger partial charge >= 0.3 is 0 Å². The lowest BCUT2D eigenvalue weighted by atomic mass is 10.1. The van der Waals surface area contributed by atoms with E-state index >= 15 is 0 Å². The molecular weight excluding hydrogens is 422 g/mol. The zero-order chi connectivity index (χ0) is 22.8. The highest BCUT2D eigenvalue weighted by Gasteiger charge is 2.31. The fourth-order valence-corrected chi connectivity index (χ4v) is 4.13. The maximum atomic E-state index is 12.7. The first-order valence-corrected chi connectivity index (χ1v) is 10.7. The smallest absolute Gasteiger partial charge is 0.246 e. The Bertz CT molecular complexity index is 1340. The normalized spacial score (nSPS) is 16.2. The molecule has 0 aliphatic carbocycles. The molecule has 1 aliphatic rings. The number of aromatic nitrogens is 5. The number of carbonyl (C=O) groups is 2. The van der Waals surface area contributed by atoms with Crippen LogP contribution in [0.15, 0.2) is 55.5 Å². The van der Waals surface area contributed by atoms with Crippen LogP contribution < -0.4 is 5.32 Å². The molecular formula is C23H23N7O3. The van der Waals surface area contributed by atoms with Gasteiger partial charge in [-0.1, -0.05) is 6.58 Å². The van der Waals surface area contributed by atoms with Crippen molar-refractivity contribution in [2.45, 2.75) is 12.5 Å². The summed E-state index contributed by atoms with van der Waals surface area (Å²) >= 11 is 0. The standard InChI is InChI=1S/C23H23N7O3/c1-2-21(31)29-10-11-33-14-20(29)23(32)25-8-5-15-12-17-16(6-9-24-22(17)28-15)18-13-27-30-19(18)4-3-7-26-30/h2-4,6-7,9,12-13,20H,1,5,8,10-11,14H2,(H,24,28)(H,25,32)/t20-/m0/s1.